The Hall–Kier alpha value is -3.17. The molecule has 0 aliphatic heterocycles. The van der Waals surface area contributed by atoms with Crippen molar-refractivity contribution in [3.63, 3.8) is 0 Å². The van der Waals surface area contributed by atoms with E-state index < -0.39 is 27.5 Å². The lowest BCUT2D eigenvalue weighted by Gasteiger charge is -2.25. The van der Waals surface area contributed by atoms with Gasteiger partial charge in [-0.15, -0.1) is 10.2 Å². The Labute approximate surface area is 224 Å². The number of ether oxygens (including phenoxy) is 3. The van der Waals surface area contributed by atoms with Gasteiger partial charge < -0.3 is 14.2 Å². The summed E-state index contributed by atoms with van der Waals surface area (Å²) in [7, 11) is -0.00269. The van der Waals surface area contributed by atoms with Gasteiger partial charge in [-0.25, -0.2) is 22.8 Å². The summed E-state index contributed by atoms with van der Waals surface area (Å²) in [4.78, 5) is 16.5. The van der Waals surface area contributed by atoms with Crippen molar-refractivity contribution in [1.29, 1.82) is 0 Å². The molecule has 0 spiro atoms. The van der Waals surface area contributed by atoms with Gasteiger partial charge in [-0.1, -0.05) is 11.6 Å². The molecule has 0 aromatic carbocycles. The first-order chi connectivity index (χ1) is 18.2. The molecule has 0 amide bonds. The molecule has 1 aliphatic carbocycles. The summed E-state index contributed by atoms with van der Waals surface area (Å²) in [5.41, 5.74) is 0.203. The largest absolute Gasteiger partial charge is 0.479 e. The standard InChI is InChI=1S/C22H28ClFN8O5S/c1-12(17(35-2)18-25-9-14(23)10-26-18)38(33,34)31-22-30-29-19(13-5-7-15(24)8-6-13)32(22)16-20(36-3)27-11-28-21(16)37-4/h9-13,15,17H,5-8H2,1-4H3,(H,30,31)/t12-,13?,15?,17-/m0/s1. The summed E-state index contributed by atoms with van der Waals surface area (Å²) in [6, 6.07) is 0. The molecule has 3 heterocycles. The van der Waals surface area contributed by atoms with Crippen molar-refractivity contribution in [1.82, 2.24) is 34.7 Å². The Morgan fingerprint density at radius 3 is 2.18 bits per heavy atom. The van der Waals surface area contributed by atoms with E-state index in [2.05, 4.69) is 34.9 Å². The molecule has 0 saturated heterocycles. The van der Waals surface area contributed by atoms with E-state index >= 15 is 0 Å². The number of sulfonamides is 1. The Balaban J connectivity index is 1.78. The van der Waals surface area contributed by atoms with Crippen molar-refractivity contribution >= 4 is 27.6 Å². The lowest BCUT2D eigenvalue weighted by molar-refractivity contribution is 0.0950. The lowest BCUT2D eigenvalue weighted by atomic mass is 9.87. The number of hydrogen-bond donors (Lipinski definition) is 1. The van der Waals surface area contributed by atoms with Crippen molar-refractivity contribution in [2.24, 2.45) is 0 Å². The van der Waals surface area contributed by atoms with Gasteiger partial charge in [-0.3, -0.25) is 9.29 Å². The molecule has 206 valence electrons. The molecule has 2 atom stereocenters. The van der Waals surface area contributed by atoms with Crippen LogP contribution < -0.4 is 14.2 Å². The van der Waals surface area contributed by atoms with Crippen LogP contribution in [0.3, 0.4) is 0 Å². The van der Waals surface area contributed by atoms with Crippen LogP contribution in [0.15, 0.2) is 18.7 Å². The van der Waals surface area contributed by atoms with Crippen LogP contribution in [0.5, 0.6) is 11.8 Å². The molecule has 4 rings (SSSR count). The molecule has 1 aliphatic rings. The second kappa shape index (κ2) is 11.7. The minimum absolute atomic E-state index is 0.106. The van der Waals surface area contributed by atoms with Crippen LogP contribution in [-0.2, 0) is 14.8 Å². The van der Waals surface area contributed by atoms with Crippen LogP contribution in [0.1, 0.15) is 56.3 Å². The van der Waals surface area contributed by atoms with E-state index in [0.29, 0.717) is 36.5 Å². The molecular weight excluding hydrogens is 543 g/mol. The first-order valence-corrected chi connectivity index (χ1v) is 13.7. The Morgan fingerprint density at radius 2 is 1.63 bits per heavy atom. The normalized spacial score (nSPS) is 19.5. The summed E-state index contributed by atoms with van der Waals surface area (Å²) in [5.74, 6) is 0.406. The van der Waals surface area contributed by atoms with Gasteiger partial charge in [-0.05, 0) is 32.6 Å². The maximum atomic E-state index is 13.9. The predicted molar refractivity (Wildman–Crippen MR) is 135 cm³/mol. The van der Waals surface area contributed by atoms with E-state index in [4.69, 9.17) is 25.8 Å². The topological polar surface area (TPSA) is 156 Å². The maximum absolute atomic E-state index is 13.9. The fourth-order valence-electron chi connectivity index (χ4n) is 4.35. The number of alkyl halides is 1. The minimum Gasteiger partial charge on any atom is -0.479 e. The second-order valence-electron chi connectivity index (χ2n) is 8.67. The fraction of sp³-hybridized carbons (Fsp3) is 0.545. The molecule has 1 saturated carbocycles. The average molecular weight is 571 g/mol. The van der Waals surface area contributed by atoms with Crippen LogP contribution in [-0.4, -0.2) is 75.9 Å². The number of nitrogens with zero attached hydrogens (tertiary/aromatic N) is 7. The Bertz CT molecular complexity index is 1330. The second-order valence-corrected chi connectivity index (χ2v) is 11.1. The molecule has 13 nitrogen and oxygen atoms in total. The number of methoxy groups -OCH3 is 3. The zero-order chi connectivity index (χ0) is 27.4. The Morgan fingerprint density at radius 1 is 1.03 bits per heavy atom. The summed E-state index contributed by atoms with van der Waals surface area (Å²) < 4.78 is 61.3. The highest BCUT2D eigenvalue weighted by atomic mass is 35.5. The van der Waals surface area contributed by atoms with Crippen molar-refractivity contribution < 1.29 is 27.0 Å². The highest BCUT2D eigenvalue weighted by Gasteiger charge is 2.36. The summed E-state index contributed by atoms with van der Waals surface area (Å²) in [6.07, 6.45) is 3.74. The summed E-state index contributed by atoms with van der Waals surface area (Å²) in [6.45, 7) is 1.45. The molecule has 1 N–H and O–H groups in total. The molecule has 0 unspecified atom stereocenters. The van der Waals surface area contributed by atoms with Crippen LogP contribution >= 0.6 is 11.6 Å². The van der Waals surface area contributed by atoms with Crippen LogP contribution in [0.25, 0.3) is 5.69 Å². The first kappa shape index (κ1) is 27.9. The third-order valence-corrected chi connectivity index (χ3v) is 8.26. The van der Waals surface area contributed by atoms with Crippen molar-refractivity contribution in [2.75, 3.05) is 26.1 Å². The van der Waals surface area contributed by atoms with Gasteiger partial charge in [0.05, 0.1) is 19.2 Å². The lowest BCUT2D eigenvalue weighted by Crippen LogP contribution is -2.33. The molecule has 0 bridgehead atoms. The number of rotatable bonds is 10. The van der Waals surface area contributed by atoms with E-state index in [0.717, 1.165) is 0 Å². The van der Waals surface area contributed by atoms with Crippen molar-refractivity contribution in [3.8, 4) is 17.4 Å². The van der Waals surface area contributed by atoms with E-state index in [1.165, 1.54) is 51.5 Å². The third-order valence-electron chi connectivity index (χ3n) is 6.37. The number of halogens is 2. The van der Waals surface area contributed by atoms with Crippen LogP contribution in [0, 0.1) is 0 Å². The highest BCUT2D eigenvalue weighted by Crippen LogP contribution is 2.39. The smallest absolute Gasteiger partial charge is 0.245 e. The van der Waals surface area contributed by atoms with Gasteiger partial charge in [0.2, 0.25) is 27.7 Å². The van der Waals surface area contributed by atoms with E-state index in [-0.39, 0.29) is 35.1 Å². The van der Waals surface area contributed by atoms with Crippen LogP contribution in [0.4, 0.5) is 10.3 Å². The SMILES string of the molecule is COc1ncnc(OC)c1-n1c(NS(=O)(=O)[C@@H](C)[C@H](OC)c2ncc(Cl)cn2)nnc1C1CCC(F)CC1. The minimum atomic E-state index is -4.17. The third kappa shape index (κ3) is 5.63. The molecule has 3 aromatic heterocycles. The van der Waals surface area contributed by atoms with Crippen LogP contribution in [0.2, 0.25) is 5.02 Å². The highest BCUT2D eigenvalue weighted by molar-refractivity contribution is 7.93. The molecule has 1 fully saturated rings. The van der Waals surface area contributed by atoms with Crippen molar-refractivity contribution in [3.05, 3.63) is 35.4 Å². The van der Waals surface area contributed by atoms with Gasteiger partial charge in [0, 0.05) is 25.4 Å². The molecule has 3 aromatic rings. The van der Waals surface area contributed by atoms with E-state index in [1.54, 1.807) is 0 Å². The summed E-state index contributed by atoms with van der Waals surface area (Å²) >= 11 is 5.87. The van der Waals surface area contributed by atoms with Gasteiger partial charge in [0.1, 0.15) is 29.7 Å². The van der Waals surface area contributed by atoms with E-state index in [9.17, 15) is 12.8 Å². The molecule has 16 heteroatoms. The fourth-order valence-corrected chi connectivity index (χ4v) is 5.58. The quantitative estimate of drug-likeness (QED) is 0.382. The molecule has 0 radical (unpaired) electrons. The zero-order valence-electron chi connectivity index (χ0n) is 21.2. The molecular formula is C22H28ClFN8O5S. The first-order valence-electron chi connectivity index (χ1n) is 11.7. The predicted octanol–water partition coefficient (Wildman–Crippen LogP) is 3.03. The monoisotopic (exact) mass is 570 g/mol. The maximum Gasteiger partial charge on any atom is 0.245 e. The van der Waals surface area contributed by atoms with Crippen molar-refractivity contribution in [2.45, 2.75) is 56.1 Å². The summed E-state index contributed by atoms with van der Waals surface area (Å²) in [5, 5.41) is 7.57. The van der Waals surface area contributed by atoms with Gasteiger partial charge in [0.25, 0.3) is 0 Å². The number of anilines is 1. The van der Waals surface area contributed by atoms with Gasteiger partial charge in [-0.2, -0.15) is 9.97 Å². The number of nitrogens with one attached hydrogen (secondary N) is 1. The zero-order valence-corrected chi connectivity index (χ0v) is 22.8. The van der Waals surface area contributed by atoms with Gasteiger partial charge >= 0.3 is 0 Å². The Kier molecular flexibility index (Phi) is 8.57. The number of aromatic nitrogens is 7. The average Bonchev–Trinajstić information content (AvgIpc) is 3.32. The molecule has 38 heavy (non-hydrogen) atoms. The van der Waals surface area contributed by atoms with E-state index in [1.807, 2.05) is 0 Å². The number of hydrogen-bond acceptors (Lipinski definition) is 11. The van der Waals surface area contributed by atoms with Gasteiger partial charge in [0.15, 0.2) is 11.5 Å².